The summed E-state index contributed by atoms with van der Waals surface area (Å²) in [7, 11) is 2.07. The Bertz CT molecular complexity index is 1160. The zero-order chi connectivity index (χ0) is 21.6. The minimum atomic E-state index is 0.161. The molecule has 0 atom stereocenters. The molecule has 0 aliphatic heterocycles. The van der Waals surface area contributed by atoms with Crippen LogP contribution in [0.3, 0.4) is 0 Å². The van der Waals surface area contributed by atoms with Crippen molar-refractivity contribution in [2.45, 2.75) is 24.7 Å². The van der Waals surface area contributed by atoms with Gasteiger partial charge in [0.05, 0.1) is 17.7 Å². The van der Waals surface area contributed by atoms with Gasteiger partial charge in [-0.05, 0) is 49.4 Å². The largest absolute Gasteiger partial charge is 0.396 e. The number of benzene rings is 2. The molecule has 2 aromatic heterocycles. The SMILES string of the molecule is CN(Cc1ccnc2ccccc12)Cc1nnc(SCCCO)n1-c1cccc(Cl)c1. The number of pyridine rings is 1. The van der Waals surface area contributed by atoms with E-state index in [4.69, 9.17) is 16.7 Å². The summed E-state index contributed by atoms with van der Waals surface area (Å²) in [6, 6.07) is 18.0. The molecule has 0 aliphatic rings. The maximum atomic E-state index is 9.12. The maximum absolute atomic E-state index is 9.12. The minimum Gasteiger partial charge on any atom is -0.396 e. The van der Waals surface area contributed by atoms with Crippen molar-refractivity contribution >= 4 is 34.3 Å². The smallest absolute Gasteiger partial charge is 0.195 e. The molecule has 2 aromatic carbocycles. The van der Waals surface area contributed by atoms with Crippen LogP contribution in [0.25, 0.3) is 16.6 Å². The fourth-order valence-corrected chi connectivity index (χ4v) is 4.56. The van der Waals surface area contributed by atoms with Crippen LogP contribution in [0, 0.1) is 0 Å². The van der Waals surface area contributed by atoms with Crippen LogP contribution in [-0.4, -0.2) is 49.2 Å². The van der Waals surface area contributed by atoms with Gasteiger partial charge in [-0.3, -0.25) is 14.5 Å². The molecule has 0 bridgehead atoms. The normalized spacial score (nSPS) is 11.5. The highest BCUT2D eigenvalue weighted by Crippen LogP contribution is 2.25. The first kappa shape index (κ1) is 21.8. The van der Waals surface area contributed by atoms with Crippen molar-refractivity contribution in [2.75, 3.05) is 19.4 Å². The molecule has 0 saturated carbocycles. The van der Waals surface area contributed by atoms with E-state index in [0.29, 0.717) is 18.0 Å². The molecule has 6 nitrogen and oxygen atoms in total. The van der Waals surface area contributed by atoms with Crippen LogP contribution in [0.5, 0.6) is 0 Å². The number of hydrogen-bond acceptors (Lipinski definition) is 6. The molecule has 4 aromatic rings. The van der Waals surface area contributed by atoms with E-state index in [1.165, 1.54) is 5.56 Å². The number of halogens is 1. The number of nitrogens with zero attached hydrogens (tertiary/aromatic N) is 5. The molecule has 8 heteroatoms. The fraction of sp³-hybridized carbons (Fsp3) is 0.261. The number of fused-ring (bicyclic) bond motifs is 1. The Morgan fingerprint density at radius 3 is 2.77 bits per heavy atom. The number of aliphatic hydroxyl groups excluding tert-OH is 1. The zero-order valence-electron chi connectivity index (χ0n) is 17.3. The highest BCUT2D eigenvalue weighted by atomic mass is 35.5. The van der Waals surface area contributed by atoms with Crippen molar-refractivity contribution in [3.8, 4) is 5.69 Å². The molecule has 2 heterocycles. The van der Waals surface area contributed by atoms with E-state index in [1.807, 2.05) is 48.7 Å². The second-order valence-electron chi connectivity index (χ2n) is 7.30. The zero-order valence-corrected chi connectivity index (χ0v) is 18.9. The lowest BCUT2D eigenvalue weighted by Gasteiger charge is -2.18. The molecule has 31 heavy (non-hydrogen) atoms. The summed E-state index contributed by atoms with van der Waals surface area (Å²) in [4.78, 5) is 6.67. The van der Waals surface area contributed by atoms with Gasteiger partial charge in [0.2, 0.25) is 0 Å². The van der Waals surface area contributed by atoms with Gasteiger partial charge in [-0.1, -0.05) is 47.6 Å². The minimum absolute atomic E-state index is 0.161. The Morgan fingerprint density at radius 1 is 1.06 bits per heavy atom. The van der Waals surface area contributed by atoms with E-state index in [0.717, 1.165) is 39.9 Å². The van der Waals surface area contributed by atoms with Crippen LogP contribution in [0.15, 0.2) is 66.0 Å². The van der Waals surface area contributed by atoms with E-state index in [1.54, 1.807) is 11.8 Å². The third-order valence-corrected chi connectivity index (χ3v) is 6.14. The molecule has 0 unspecified atom stereocenters. The number of aliphatic hydroxyl groups is 1. The van der Waals surface area contributed by atoms with Crippen molar-refractivity contribution < 1.29 is 5.11 Å². The third-order valence-electron chi connectivity index (χ3n) is 4.89. The van der Waals surface area contributed by atoms with Crippen LogP contribution in [-0.2, 0) is 13.1 Å². The quantitative estimate of drug-likeness (QED) is 0.295. The number of hydrogen-bond donors (Lipinski definition) is 1. The predicted molar refractivity (Wildman–Crippen MR) is 126 cm³/mol. The highest BCUT2D eigenvalue weighted by molar-refractivity contribution is 7.99. The van der Waals surface area contributed by atoms with Gasteiger partial charge in [-0.2, -0.15) is 0 Å². The second-order valence-corrected chi connectivity index (χ2v) is 8.80. The van der Waals surface area contributed by atoms with Crippen LogP contribution in [0.2, 0.25) is 5.02 Å². The van der Waals surface area contributed by atoms with E-state index in [-0.39, 0.29) is 6.61 Å². The van der Waals surface area contributed by atoms with Crippen molar-refractivity contribution in [3.63, 3.8) is 0 Å². The summed E-state index contributed by atoms with van der Waals surface area (Å²) >= 11 is 7.84. The molecule has 160 valence electrons. The van der Waals surface area contributed by atoms with Gasteiger partial charge < -0.3 is 5.11 Å². The summed E-state index contributed by atoms with van der Waals surface area (Å²) in [6.45, 7) is 1.54. The fourth-order valence-electron chi connectivity index (χ4n) is 3.48. The molecule has 0 amide bonds. The van der Waals surface area contributed by atoms with Gasteiger partial charge in [0.25, 0.3) is 0 Å². The topological polar surface area (TPSA) is 67.1 Å². The molecule has 0 spiro atoms. The van der Waals surface area contributed by atoms with Gasteiger partial charge in [0.1, 0.15) is 0 Å². The van der Waals surface area contributed by atoms with Crippen molar-refractivity contribution in [2.24, 2.45) is 0 Å². The second kappa shape index (κ2) is 10.2. The van der Waals surface area contributed by atoms with Crippen LogP contribution >= 0.6 is 23.4 Å². The first-order valence-corrected chi connectivity index (χ1v) is 11.5. The molecular formula is C23H24ClN5OS. The standard InChI is InChI=1S/C23H24ClN5OS/c1-28(15-17-10-11-25-21-9-3-2-8-20(17)21)16-22-26-27-23(31-13-5-12-30)29(22)19-7-4-6-18(24)14-19/h2-4,6-11,14,30H,5,12-13,15-16H2,1H3. The van der Waals surface area contributed by atoms with Crippen LogP contribution in [0.4, 0.5) is 0 Å². The molecule has 0 saturated heterocycles. The van der Waals surface area contributed by atoms with Gasteiger partial charge >= 0.3 is 0 Å². The Labute approximate surface area is 190 Å². The van der Waals surface area contributed by atoms with Crippen molar-refractivity contribution in [3.05, 3.63) is 77.2 Å². The van der Waals surface area contributed by atoms with E-state index in [2.05, 4.69) is 43.8 Å². The monoisotopic (exact) mass is 453 g/mol. The van der Waals surface area contributed by atoms with E-state index >= 15 is 0 Å². The molecule has 4 rings (SSSR count). The number of para-hydroxylation sites is 1. The van der Waals surface area contributed by atoms with Crippen molar-refractivity contribution in [1.82, 2.24) is 24.6 Å². The van der Waals surface area contributed by atoms with E-state index < -0.39 is 0 Å². The lowest BCUT2D eigenvalue weighted by Crippen LogP contribution is -2.20. The Balaban J connectivity index is 1.59. The average molecular weight is 454 g/mol. The molecule has 0 aliphatic carbocycles. The summed E-state index contributed by atoms with van der Waals surface area (Å²) in [5, 5.41) is 20.6. The maximum Gasteiger partial charge on any atom is 0.195 e. The first-order valence-electron chi connectivity index (χ1n) is 10.1. The molecule has 1 N–H and O–H groups in total. The number of aromatic nitrogens is 4. The summed E-state index contributed by atoms with van der Waals surface area (Å²) in [6.07, 6.45) is 2.56. The average Bonchev–Trinajstić information content (AvgIpc) is 3.16. The Morgan fingerprint density at radius 2 is 1.94 bits per heavy atom. The molecule has 0 fully saturated rings. The van der Waals surface area contributed by atoms with Gasteiger partial charge in [0, 0.05) is 35.5 Å². The third kappa shape index (κ3) is 5.25. The Kier molecular flexibility index (Phi) is 7.19. The van der Waals surface area contributed by atoms with Crippen LogP contribution < -0.4 is 0 Å². The number of rotatable bonds is 9. The summed E-state index contributed by atoms with van der Waals surface area (Å²) in [5.74, 6) is 1.61. The van der Waals surface area contributed by atoms with Gasteiger partial charge in [-0.25, -0.2) is 0 Å². The highest BCUT2D eigenvalue weighted by Gasteiger charge is 2.17. The lowest BCUT2D eigenvalue weighted by atomic mass is 10.1. The van der Waals surface area contributed by atoms with Crippen molar-refractivity contribution in [1.29, 1.82) is 0 Å². The summed E-state index contributed by atoms with van der Waals surface area (Å²) in [5.41, 5.74) is 3.15. The molecular weight excluding hydrogens is 430 g/mol. The van der Waals surface area contributed by atoms with Gasteiger partial charge in [-0.15, -0.1) is 10.2 Å². The molecule has 0 radical (unpaired) electrons. The lowest BCUT2D eigenvalue weighted by molar-refractivity contribution is 0.296. The Hall–Kier alpha value is -2.45. The predicted octanol–water partition coefficient (Wildman–Crippen LogP) is 4.58. The first-order chi connectivity index (χ1) is 15.2. The summed E-state index contributed by atoms with van der Waals surface area (Å²) < 4.78 is 2.05. The van der Waals surface area contributed by atoms with E-state index in [9.17, 15) is 0 Å². The van der Waals surface area contributed by atoms with Gasteiger partial charge in [0.15, 0.2) is 11.0 Å². The van der Waals surface area contributed by atoms with Crippen LogP contribution in [0.1, 0.15) is 17.8 Å². The number of thioether (sulfide) groups is 1.